The molecule has 0 radical (unpaired) electrons. The van der Waals surface area contributed by atoms with Crippen LogP contribution in [0.2, 0.25) is 0 Å². The quantitative estimate of drug-likeness (QED) is 0.769. The highest BCUT2D eigenvalue weighted by Gasteiger charge is 2.15. The number of rotatable bonds is 6. The average molecular weight is 348 g/mol. The lowest BCUT2D eigenvalue weighted by Gasteiger charge is -2.24. The smallest absolute Gasteiger partial charge is 0.118 e. The molecule has 2 aromatic carbocycles. The van der Waals surface area contributed by atoms with Crippen LogP contribution in [0, 0.1) is 0 Å². The first-order valence-corrected chi connectivity index (χ1v) is 8.09. The zero-order valence-corrected chi connectivity index (χ0v) is 14.4. The van der Waals surface area contributed by atoms with Gasteiger partial charge in [0, 0.05) is 16.6 Å². The minimum atomic E-state index is 0.285. The van der Waals surface area contributed by atoms with Crippen LogP contribution in [0.5, 0.6) is 5.75 Å². The van der Waals surface area contributed by atoms with Gasteiger partial charge in [0.2, 0.25) is 0 Å². The van der Waals surface area contributed by atoms with Crippen LogP contribution in [0.15, 0.2) is 53.0 Å². The van der Waals surface area contributed by atoms with Crippen molar-refractivity contribution in [2.75, 3.05) is 7.11 Å². The topological polar surface area (TPSA) is 21.3 Å². The predicted octanol–water partition coefficient (Wildman–Crippen LogP) is 5.26. The first-order valence-electron chi connectivity index (χ1n) is 7.30. The van der Waals surface area contributed by atoms with Gasteiger partial charge in [-0.2, -0.15) is 0 Å². The molecule has 3 heteroatoms. The van der Waals surface area contributed by atoms with Crippen molar-refractivity contribution in [1.29, 1.82) is 0 Å². The van der Waals surface area contributed by atoms with E-state index in [1.807, 2.05) is 18.2 Å². The van der Waals surface area contributed by atoms with Gasteiger partial charge < -0.3 is 10.1 Å². The number of methoxy groups -OCH3 is 1. The third kappa shape index (κ3) is 4.08. The summed E-state index contributed by atoms with van der Waals surface area (Å²) < 4.78 is 6.37. The molecule has 0 fully saturated rings. The van der Waals surface area contributed by atoms with Gasteiger partial charge in [0.25, 0.3) is 0 Å². The molecule has 0 spiro atoms. The van der Waals surface area contributed by atoms with Crippen molar-refractivity contribution in [1.82, 2.24) is 5.32 Å². The van der Waals surface area contributed by atoms with E-state index < -0.39 is 0 Å². The summed E-state index contributed by atoms with van der Waals surface area (Å²) in [4.78, 5) is 0. The second kappa shape index (κ2) is 7.62. The van der Waals surface area contributed by atoms with Crippen LogP contribution in [0.25, 0.3) is 0 Å². The number of benzene rings is 2. The summed E-state index contributed by atoms with van der Waals surface area (Å²) in [6, 6.07) is 17.3. The molecular weight excluding hydrogens is 326 g/mol. The molecule has 0 saturated heterocycles. The number of halogens is 1. The molecule has 21 heavy (non-hydrogen) atoms. The molecule has 0 aliphatic carbocycles. The lowest BCUT2D eigenvalue weighted by atomic mass is 10.0. The zero-order chi connectivity index (χ0) is 15.2. The van der Waals surface area contributed by atoms with E-state index in [1.165, 1.54) is 11.1 Å². The van der Waals surface area contributed by atoms with E-state index in [4.69, 9.17) is 4.74 Å². The summed E-state index contributed by atoms with van der Waals surface area (Å²) >= 11 is 3.63. The molecule has 2 aromatic rings. The lowest BCUT2D eigenvalue weighted by Crippen LogP contribution is -2.24. The van der Waals surface area contributed by atoms with E-state index in [-0.39, 0.29) is 6.04 Å². The minimum Gasteiger partial charge on any atom is -0.497 e. The maximum absolute atomic E-state index is 5.22. The SMILES string of the molecule is CCC(NC(C)c1ccccc1Br)c1ccc(OC)cc1. The summed E-state index contributed by atoms with van der Waals surface area (Å²) in [5, 5.41) is 3.71. The van der Waals surface area contributed by atoms with Gasteiger partial charge in [-0.3, -0.25) is 0 Å². The molecule has 112 valence electrons. The Hall–Kier alpha value is -1.32. The second-order valence-corrected chi connectivity index (χ2v) is 6.00. The van der Waals surface area contributed by atoms with Gasteiger partial charge in [-0.1, -0.05) is 53.2 Å². The van der Waals surface area contributed by atoms with Crippen molar-refractivity contribution in [2.45, 2.75) is 32.4 Å². The van der Waals surface area contributed by atoms with Gasteiger partial charge in [-0.15, -0.1) is 0 Å². The normalized spacial score (nSPS) is 13.7. The molecule has 2 nitrogen and oxygen atoms in total. The van der Waals surface area contributed by atoms with E-state index in [0.717, 1.165) is 16.6 Å². The number of hydrogen-bond acceptors (Lipinski definition) is 2. The fourth-order valence-electron chi connectivity index (χ4n) is 2.50. The molecule has 2 unspecified atom stereocenters. The van der Waals surface area contributed by atoms with E-state index in [0.29, 0.717) is 6.04 Å². The molecule has 0 bridgehead atoms. The Morgan fingerprint density at radius 1 is 1.10 bits per heavy atom. The summed E-state index contributed by atoms with van der Waals surface area (Å²) in [5.74, 6) is 0.896. The summed E-state index contributed by atoms with van der Waals surface area (Å²) in [6.07, 6.45) is 1.04. The molecule has 0 aliphatic rings. The van der Waals surface area contributed by atoms with Crippen molar-refractivity contribution in [3.05, 3.63) is 64.1 Å². The van der Waals surface area contributed by atoms with Gasteiger partial charge in [-0.05, 0) is 42.7 Å². The van der Waals surface area contributed by atoms with E-state index >= 15 is 0 Å². The third-order valence-electron chi connectivity index (χ3n) is 3.75. The van der Waals surface area contributed by atoms with Gasteiger partial charge in [0.1, 0.15) is 5.75 Å². The van der Waals surface area contributed by atoms with Crippen molar-refractivity contribution < 1.29 is 4.74 Å². The summed E-state index contributed by atoms with van der Waals surface area (Å²) in [6.45, 7) is 4.40. The van der Waals surface area contributed by atoms with Gasteiger partial charge in [0.05, 0.1) is 7.11 Å². The Labute approximate surface area is 135 Å². The third-order valence-corrected chi connectivity index (χ3v) is 4.47. The zero-order valence-electron chi connectivity index (χ0n) is 12.8. The summed E-state index contributed by atoms with van der Waals surface area (Å²) in [5.41, 5.74) is 2.57. The van der Waals surface area contributed by atoms with E-state index in [1.54, 1.807) is 7.11 Å². The van der Waals surface area contributed by atoms with Crippen LogP contribution in [-0.4, -0.2) is 7.11 Å². The highest BCUT2D eigenvalue weighted by atomic mass is 79.9. The van der Waals surface area contributed by atoms with Crippen molar-refractivity contribution in [3.8, 4) is 5.75 Å². The second-order valence-electron chi connectivity index (χ2n) is 5.14. The predicted molar refractivity (Wildman–Crippen MR) is 91.7 cm³/mol. The van der Waals surface area contributed by atoms with E-state index in [2.05, 4.69) is 65.4 Å². The molecule has 1 N–H and O–H groups in total. The molecule has 0 aromatic heterocycles. The minimum absolute atomic E-state index is 0.285. The highest BCUT2D eigenvalue weighted by molar-refractivity contribution is 9.10. The van der Waals surface area contributed by atoms with Crippen LogP contribution < -0.4 is 10.1 Å². The fraction of sp³-hybridized carbons (Fsp3) is 0.333. The monoisotopic (exact) mass is 347 g/mol. The fourth-order valence-corrected chi connectivity index (χ4v) is 3.13. The summed E-state index contributed by atoms with van der Waals surface area (Å²) in [7, 11) is 1.69. The maximum atomic E-state index is 5.22. The highest BCUT2D eigenvalue weighted by Crippen LogP contribution is 2.27. The van der Waals surface area contributed by atoms with Crippen LogP contribution in [0.3, 0.4) is 0 Å². The van der Waals surface area contributed by atoms with E-state index in [9.17, 15) is 0 Å². The largest absolute Gasteiger partial charge is 0.497 e. The van der Waals surface area contributed by atoms with Crippen molar-refractivity contribution in [3.63, 3.8) is 0 Å². The van der Waals surface area contributed by atoms with Gasteiger partial charge >= 0.3 is 0 Å². The van der Waals surface area contributed by atoms with Crippen LogP contribution in [0.1, 0.15) is 43.5 Å². The van der Waals surface area contributed by atoms with Crippen LogP contribution >= 0.6 is 15.9 Å². The first-order chi connectivity index (χ1) is 10.2. The molecule has 2 rings (SSSR count). The van der Waals surface area contributed by atoms with Gasteiger partial charge in [-0.25, -0.2) is 0 Å². The first kappa shape index (κ1) is 16.1. The molecule has 2 atom stereocenters. The maximum Gasteiger partial charge on any atom is 0.118 e. The number of ether oxygens (including phenoxy) is 1. The molecule has 0 saturated carbocycles. The Bertz CT molecular complexity index is 568. The Morgan fingerprint density at radius 2 is 1.76 bits per heavy atom. The molecule has 0 amide bonds. The standard InChI is InChI=1S/C18H22BrNO/c1-4-18(14-9-11-15(21-3)12-10-14)20-13(2)16-7-5-6-8-17(16)19/h5-13,18,20H,4H2,1-3H3. The van der Waals surface area contributed by atoms with Crippen molar-refractivity contribution in [2.24, 2.45) is 0 Å². The van der Waals surface area contributed by atoms with Gasteiger partial charge in [0.15, 0.2) is 0 Å². The van der Waals surface area contributed by atoms with Crippen LogP contribution in [-0.2, 0) is 0 Å². The lowest BCUT2D eigenvalue weighted by molar-refractivity contribution is 0.413. The molecular formula is C18H22BrNO. The molecule has 0 aliphatic heterocycles. The Morgan fingerprint density at radius 3 is 2.33 bits per heavy atom. The van der Waals surface area contributed by atoms with Crippen LogP contribution in [0.4, 0.5) is 0 Å². The number of nitrogens with one attached hydrogen (secondary N) is 1. The Balaban J connectivity index is 2.13. The average Bonchev–Trinajstić information content (AvgIpc) is 2.53. The van der Waals surface area contributed by atoms with Crippen molar-refractivity contribution >= 4 is 15.9 Å². The number of hydrogen-bond donors (Lipinski definition) is 1. The Kier molecular flexibility index (Phi) is 5.83. The molecule has 0 heterocycles.